The van der Waals surface area contributed by atoms with Crippen LogP contribution in [0.15, 0.2) is 52.8 Å². The van der Waals surface area contributed by atoms with Gasteiger partial charge in [-0.15, -0.1) is 0 Å². The lowest BCUT2D eigenvalue weighted by Gasteiger charge is -2.35. The Morgan fingerprint density at radius 2 is 2.03 bits per heavy atom. The van der Waals surface area contributed by atoms with Gasteiger partial charge in [0.25, 0.3) is 0 Å². The first-order valence-electron chi connectivity index (χ1n) is 12.1. The second-order valence-corrected chi connectivity index (χ2v) is 8.89. The summed E-state index contributed by atoms with van der Waals surface area (Å²) in [6, 6.07) is 13.5. The van der Waals surface area contributed by atoms with E-state index < -0.39 is 0 Å². The maximum absolute atomic E-state index is 12.8. The Bertz CT molecular complexity index is 1180. The summed E-state index contributed by atoms with van der Waals surface area (Å²) in [5, 5.41) is 11.7. The summed E-state index contributed by atoms with van der Waals surface area (Å²) >= 11 is 6.28. The van der Waals surface area contributed by atoms with E-state index >= 15 is 0 Å². The average molecular weight is 498 g/mol. The second-order valence-electron chi connectivity index (χ2n) is 8.45. The number of nitrogens with one attached hydrogen (secondary N) is 1. The number of benzene rings is 2. The Morgan fingerprint density at radius 1 is 1.23 bits per heavy atom. The van der Waals surface area contributed by atoms with Gasteiger partial charge in [-0.1, -0.05) is 29.0 Å². The van der Waals surface area contributed by atoms with Crippen molar-refractivity contribution < 1.29 is 14.3 Å². The van der Waals surface area contributed by atoms with Crippen molar-refractivity contribution in [1.29, 1.82) is 0 Å². The summed E-state index contributed by atoms with van der Waals surface area (Å²) in [6.07, 6.45) is 1.25. The Kier molecular flexibility index (Phi) is 8.13. The molecule has 1 aromatic heterocycles. The van der Waals surface area contributed by atoms with E-state index in [0.717, 1.165) is 47.3 Å². The maximum Gasteiger partial charge on any atom is 0.410 e. The van der Waals surface area contributed by atoms with Gasteiger partial charge in [0, 0.05) is 48.2 Å². The van der Waals surface area contributed by atoms with Crippen molar-refractivity contribution in [3.63, 3.8) is 0 Å². The van der Waals surface area contributed by atoms with E-state index in [9.17, 15) is 4.79 Å². The quantitative estimate of drug-likeness (QED) is 0.223. The zero-order chi connectivity index (χ0) is 24.8. The molecule has 1 amide bonds. The number of hydrogen-bond donors (Lipinski definition) is 1. The molecule has 9 heteroatoms. The number of carbonyl (C=O) groups is 1. The van der Waals surface area contributed by atoms with Gasteiger partial charge < -0.3 is 14.5 Å². The van der Waals surface area contributed by atoms with E-state index in [1.807, 2.05) is 68.4 Å². The molecule has 35 heavy (non-hydrogen) atoms. The molecule has 1 aliphatic heterocycles. The van der Waals surface area contributed by atoms with Crippen LogP contribution in [0.25, 0.3) is 10.9 Å². The van der Waals surface area contributed by atoms with Crippen molar-refractivity contribution in [2.45, 2.75) is 32.7 Å². The lowest BCUT2D eigenvalue weighted by Crippen LogP contribution is -2.40. The van der Waals surface area contributed by atoms with E-state index in [-0.39, 0.29) is 12.1 Å². The molecule has 2 heterocycles. The van der Waals surface area contributed by atoms with Crippen molar-refractivity contribution in [1.82, 2.24) is 14.9 Å². The summed E-state index contributed by atoms with van der Waals surface area (Å²) in [5.74, 6) is 0.786. The monoisotopic (exact) mass is 497 g/mol. The summed E-state index contributed by atoms with van der Waals surface area (Å²) in [5.41, 5.74) is 4.19. The third-order valence-corrected chi connectivity index (χ3v) is 6.27. The summed E-state index contributed by atoms with van der Waals surface area (Å²) in [7, 11) is 1.90. The molecule has 4 rings (SSSR count). The van der Waals surface area contributed by atoms with Crippen molar-refractivity contribution in [3.8, 4) is 5.75 Å². The number of amides is 1. The topological polar surface area (TPSA) is 82.5 Å². The average Bonchev–Trinajstić information content (AvgIpc) is 3.23. The first kappa shape index (κ1) is 24.9. The number of H-pyrrole nitrogens is 1. The smallest absolute Gasteiger partial charge is 0.410 e. The maximum atomic E-state index is 12.8. The van der Waals surface area contributed by atoms with Gasteiger partial charge in [-0.2, -0.15) is 5.11 Å². The van der Waals surface area contributed by atoms with Gasteiger partial charge in [0.1, 0.15) is 11.8 Å². The minimum absolute atomic E-state index is 0.282. The van der Waals surface area contributed by atoms with Crippen LogP contribution in [0.4, 0.5) is 4.79 Å². The van der Waals surface area contributed by atoms with Gasteiger partial charge in [0.05, 0.1) is 19.8 Å². The molecule has 1 atom stereocenters. The molecule has 0 bridgehead atoms. The third kappa shape index (κ3) is 5.70. The van der Waals surface area contributed by atoms with Crippen LogP contribution in [0.3, 0.4) is 0 Å². The minimum atomic E-state index is -0.315. The first-order valence-corrected chi connectivity index (χ1v) is 12.4. The van der Waals surface area contributed by atoms with Gasteiger partial charge in [-0.3, -0.25) is 9.91 Å². The van der Waals surface area contributed by atoms with E-state index in [0.29, 0.717) is 31.3 Å². The summed E-state index contributed by atoms with van der Waals surface area (Å²) in [4.78, 5) is 18.2. The van der Waals surface area contributed by atoms with Crippen LogP contribution in [0, 0.1) is 0 Å². The number of fused-ring (bicyclic) bond motifs is 3. The molecule has 0 saturated carbocycles. The molecule has 3 aromatic rings. The number of halogens is 1. The second kappa shape index (κ2) is 11.4. The number of ether oxygens (including phenoxy) is 2. The van der Waals surface area contributed by atoms with Crippen molar-refractivity contribution in [2.75, 3.05) is 39.9 Å². The molecule has 0 fully saturated rings. The molecule has 1 unspecified atom stereocenters. The molecule has 186 valence electrons. The highest BCUT2D eigenvalue weighted by Crippen LogP contribution is 2.39. The number of aromatic nitrogens is 1. The normalized spacial score (nSPS) is 15.4. The first-order chi connectivity index (χ1) is 17.0. The number of nitrogens with zero attached hydrogens (tertiary/aromatic N) is 4. The zero-order valence-corrected chi connectivity index (χ0v) is 21.2. The number of carbonyl (C=O) groups excluding carboxylic acids is 1. The van der Waals surface area contributed by atoms with Crippen LogP contribution in [0.1, 0.15) is 43.1 Å². The Balaban J connectivity index is 1.53. The molecule has 0 radical (unpaired) electrons. The largest absolute Gasteiger partial charge is 0.494 e. The molecular formula is C26H32ClN5O3. The Morgan fingerprint density at radius 3 is 2.77 bits per heavy atom. The lowest BCUT2D eigenvalue weighted by molar-refractivity contribution is 0.0932. The molecule has 1 aliphatic rings. The van der Waals surface area contributed by atoms with Gasteiger partial charge in [0.2, 0.25) is 0 Å². The summed E-state index contributed by atoms with van der Waals surface area (Å²) in [6.45, 7) is 6.70. The molecule has 8 nitrogen and oxygen atoms in total. The molecule has 0 spiro atoms. The SMILES string of the molecule is CCN=NN(C)CCCOc1ccc(C2c3[nH]c4ccc(Cl)cc4c3CCN2C(=O)OCC)cc1. The fraction of sp³-hybridized carbons (Fsp3) is 0.423. The fourth-order valence-electron chi connectivity index (χ4n) is 4.46. The Hall–Kier alpha value is -3.26. The fourth-order valence-corrected chi connectivity index (χ4v) is 4.63. The van der Waals surface area contributed by atoms with Crippen molar-refractivity contribution in [2.24, 2.45) is 10.3 Å². The van der Waals surface area contributed by atoms with Crippen LogP contribution in [-0.2, 0) is 11.2 Å². The van der Waals surface area contributed by atoms with Crippen LogP contribution < -0.4 is 4.74 Å². The van der Waals surface area contributed by atoms with Crippen LogP contribution in [-0.4, -0.2) is 60.9 Å². The van der Waals surface area contributed by atoms with E-state index in [1.54, 1.807) is 4.90 Å². The molecule has 0 aliphatic carbocycles. The highest BCUT2D eigenvalue weighted by Gasteiger charge is 2.35. The highest BCUT2D eigenvalue weighted by molar-refractivity contribution is 6.31. The molecule has 0 saturated heterocycles. The predicted molar refractivity (Wildman–Crippen MR) is 137 cm³/mol. The third-order valence-electron chi connectivity index (χ3n) is 6.04. The number of rotatable bonds is 9. The highest BCUT2D eigenvalue weighted by atomic mass is 35.5. The molecule has 2 aromatic carbocycles. The van der Waals surface area contributed by atoms with Crippen LogP contribution >= 0.6 is 11.6 Å². The number of hydrogen-bond acceptors (Lipinski definition) is 5. The van der Waals surface area contributed by atoms with Crippen LogP contribution in [0.5, 0.6) is 5.75 Å². The van der Waals surface area contributed by atoms with Gasteiger partial charge in [-0.05, 0) is 61.7 Å². The minimum Gasteiger partial charge on any atom is -0.494 e. The van der Waals surface area contributed by atoms with E-state index in [4.69, 9.17) is 21.1 Å². The zero-order valence-electron chi connectivity index (χ0n) is 20.5. The van der Waals surface area contributed by atoms with Gasteiger partial charge in [0.15, 0.2) is 0 Å². The molecule has 1 N–H and O–H groups in total. The summed E-state index contributed by atoms with van der Waals surface area (Å²) < 4.78 is 11.3. The Labute approximate surface area is 210 Å². The predicted octanol–water partition coefficient (Wildman–Crippen LogP) is 6.01. The lowest BCUT2D eigenvalue weighted by atomic mass is 9.92. The van der Waals surface area contributed by atoms with Gasteiger partial charge >= 0.3 is 6.09 Å². The van der Waals surface area contributed by atoms with Crippen molar-refractivity contribution in [3.05, 3.63) is 64.3 Å². The van der Waals surface area contributed by atoms with Gasteiger partial charge in [-0.25, -0.2) is 4.79 Å². The van der Waals surface area contributed by atoms with Crippen LogP contribution in [0.2, 0.25) is 5.02 Å². The van der Waals surface area contributed by atoms with E-state index in [2.05, 4.69) is 15.3 Å². The molecular weight excluding hydrogens is 466 g/mol. The van der Waals surface area contributed by atoms with E-state index in [1.165, 1.54) is 5.56 Å². The number of aromatic amines is 1. The standard InChI is InChI=1S/C26H32ClN5O3/c1-4-28-30-31(3)14-6-16-35-20-10-7-18(8-11-20)25-24-21(13-15-32(25)26(33)34-5-2)22-17-19(27)9-12-23(22)29-24/h7-12,17,25,29H,4-6,13-16H2,1-3H3. The van der Waals surface area contributed by atoms with Crippen molar-refractivity contribution >= 4 is 28.6 Å².